The number of hydrogen-bond donors (Lipinski definition) is 0. The minimum absolute atomic E-state index is 0.0982. The molecule has 0 N–H and O–H groups in total. The minimum atomic E-state index is -0.531. The van der Waals surface area contributed by atoms with E-state index < -0.39 is 11.4 Å². The van der Waals surface area contributed by atoms with Gasteiger partial charge in [-0.3, -0.25) is 0 Å². The number of fused-ring (bicyclic) bond motifs is 5. The first-order valence-electron chi connectivity index (χ1n) is 9.06. The molecule has 3 heterocycles. The maximum atomic E-state index is 14.5. The maximum Gasteiger partial charge on any atom is 0.362 e. The van der Waals surface area contributed by atoms with Crippen molar-refractivity contribution in [1.82, 2.24) is 9.55 Å². The lowest BCUT2D eigenvalue weighted by atomic mass is 10.1. The number of hydrogen-bond acceptors (Lipinski definition) is 4. The molecule has 3 aromatic heterocycles. The predicted molar refractivity (Wildman–Crippen MR) is 108 cm³/mol. The van der Waals surface area contributed by atoms with Gasteiger partial charge >= 0.3 is 5.63 Å². The summed E-state index contributed by atoms with van der Waals surface area (Å²) in [5, 5.41) is 11.5. The zero-order valence-electron chi connectivity index (χ0n) is 15.4. The molecule has 0 radical (unpaired) electrons. The van der Waals surface area contributed by atoms with E-state index in [1.165, 1.54) is 18.2 Å². The summed E-state index contributed by atoms with van der Waals surface area (Å²) in [6.07, 6.45) is 1.57. The summed E-state index contributed by atoms with van der Waals surface area (Å²) in [7, 11) is 0. The molecule has 0 spiro atoms. The van der Waals surface area contributed by atoms with Gasteiger partial charge in [-0.1, -0.05) is 11.6 Å². The van der Waals surface area contributed by atoms with Crippen LogP contribution in [0.5, 0.6) is 0 Å². The molecule has 0 amide bonds. The van der Waals surface area contributed by atoms with Crippen molar-refractivity contribution in [3.63, 3.8) is 0 Å². The van der Waals surface area contributed by atoms with Gasteiger partial charge in [0.05, 0.1) is 18.2 Å². The summed E-state index contributed by atoms with van der Waals surface area (Å²) in [6.45, 7) is 2.07. The van der Waals surface area contributed by atoms with Crippen LogP contribution in [0.15, 0.2) is 63.9 Å². The first-order chi connectivity index (χ1) is 14.1. The lowest BCUT2D eigenvalue weighted by Crippen LogP contribution is -2.09. The Labute approximate surface area is 164 Å². The molecule has 2 aromatic carbocycles. The third kappa shape index (κ3) is 2.59. The van der Waals surface area contributed by atoms with Crippen molar-refractivity contribution in [2.24, 2.45) is 0 Å². The van der Waals surface area contributed by atoms with Gasteiger partial charge in [-0.15, -0.1) is 0 Å². The highest BCUT2D eigenvalue weighted by Crippen LogP contribution is 2.33. The lowest BCUT2D eigenvalue weighted by molar-refractivity contribution is 0.552. The van der Waals surface area contributed by atoms with Gasteiger partial charge in [0.15, 0.2) is 0 Å². The first kappa shape index (κ1) is 17.1. The smallest absolute Gasteiger partial charge is 0.362 e. The van der Waals surface area contributed by atoms with Crippen molar-refractivity contribution in [1.29, 1.82) is 5.26 Å². The number of aromatic nitrogens is 2. The number of nitrogens with zero attached hydrogens (tertiary/aromatic N) is 3. The van der Waals surface area contributed by atoms with E-state index >= 15 is 0 Å². The van der Waals surface area contributed by atoms with Gasteiger partial charge in [0.2, 0.25) is 5.71 Å². The molecule has 140 valence electrons. The molecule has 0 fully saturated rings. The summed E-state index contributed by atoms with van der Waals surface area (Å²) in [5.74, 6) is -0.432. The number of halogens is 1. The first-order valence-corrected chi connectivity index (χ1v) is 9.06. The predicted octanol–water partition coefficient (Wildman–Crippen LogP) is 4.66. The van der Waals surface area contributed by atoms with Crippen LogP contribution in [-0.2, 0) is 6.54 Å². The topological polar surface area (TPSA) is 71.8 Å². The van der Waals surface area contributed by atoms with Gasteiger partial charge in [-0.2, -0.15) is 5.26 Å². The molecule has 0 saturated carbocycles. The molecule has 0 unspecified atom stereocenters. The fourth-order valence-electron chi connectivity index (χ4n) is 3.85. The third-order valence-electron chi connectivity index (χ3n) is 5.15. The normalized spacial score (nSPS) is 11.3. The lowest BCUT2D eigenvalue weighted by Gasteiger charge is -2.09. The summed E-state index contributed by atoms with van der Waals surface area (Å²) in [4.78, 5) is 17.1. The van der Waals surface area contributed by atoms with E-state index in [9.17, 15) is 9.18 Å². The Hall–Kier alpha value is -3.98. The summed E-state index contributed by atoms with van der Waals surface area (Å²) >= 11 is 0. The molecule has 6 heteroatoms. The van der Waals surface area contributed by atoms with Crippen LogP contribution >= 0.6 is 0 Å². The SMILES string of the molecule is Cc1ccc2c(c1)c1c3cccnc3oc(=O)c1n2Cc1cc(C#N)ccc1F. The molecule has 0 saturated heterocycles. The zero-order chi connectivity index (χ0) is 20.1. The highest BCUT2D eigenvalue weighted by molar-refractivity contribution is 6.18. The van der Waals surface area contributed by atoms with Crippen molar-refractivity contribution < 1.29 is 8.81 Å². The van der Waals surface area contributed by atoms with Gasteiger partial charge in [-0.05, 0) is 49.4 Å². The van der Waals surface area contributed by atoms with E-state index in [4.69, 9.17) is 9.68 Å². The number of pyridine rings is 1. The van der Waals surface area contributed by atoms with Crippen LogP contribution < -0.4 is 5.63 Å². The number of benzene rings is 2. The third-order valence-corrected chi connectivity index (χ3v) is 5.15. The molecule has 0 aliphatic heterocycles. The van der Waals surface area contributed by atoms with Gasteiger partial charge in [0.25, 0.3) is 0 Å². The van der Waals surface area contributed by atoms with Crippen molar-refractivity contribution in [3.05, 3.63) is 87.7 Å². The summed E-state index contributed by atoms with van der Waals surface area (Å²) in [5.41, 5.74) is 2.61. The van der Waals surface area contributed by atoms with Crippen LogP contribution in [-0.4, -0.2) is 9.55 Å². The van der Waals surface area contributed by atoms with Gasteiger partial charge in [0.1, 0.15) is 11.3 Å². The molecular weight excluding hydrogens is 369 g/mol. The Morgan fingerprint density at radius 1 is 1.17 bits per heavy atom. The molecule has 5 aromatic rings. The molecule has 5 nitrogen and oxygen atoms in total. The molecule has 0 aliphatic carbocycles. The van der Waals surface area contributed by atoms with Crippen LogP contribution in [0, 0.1) is 24.1 Å². The maximum absolute atomic E-state index is 14.5. The minimum Gasteiger partial charge on any atom is -0.402 e. The van der Waals surface area contributed by atoms with E-state index in [0.717, 1.165) is 27.2 Å². The summed E-state index contributed by atoms with van der Waals surface area (Å²) in [6, 6.07) is 15.7. The van der Waals surface area contributed by atoms with Gasteiger partial charge in [-0.25, -0.2) is 14.2 Å². The second-order valence-electron chi connectivity index (χ2n) is 6.99. The van der Waals surface area contributed by atoms with Crippen molar-refractivity contribution in [3.8, 4) is 6.07 Å². The molecule has 0 aliphatic rings. The average Bonchev–Trinajstić information content (AvgIpc) is 3.04. The highest BCUT2D eigenvalue weighted by atomic mass is 19.1. The monoisotopic (exact) mass is 383 g/mol. The van der Waals surface area contributed by atoms with Crippen LogP contribution in [0.2, 0.25) is 0 Å². The molecule has 29 heavy (non-hydrogen) atoms. The standard InChI is InChI=1S/C23H14FN3O2/c1-13-4-7-19-17(9-13)20-16-3-2-8-26-22(16)29-23(28)21(20)27(19)12-15-10-14(11-25)5-6-18(15)24/h2-10H,12H2,1H3. The van der Waals surface area contributed by atoms with E-state index in [1.807, 2.05) is 37.3 Å². The Morgan fingerprint density at radius 2 is 2.03 bits per heavy atom. The van der Waals surface area contributed by atoms with Gasteiger partial charge in [0, 0.05) is 33.4 Å². The average molecular weight is 383 g/mol. The number of nitriles is 1. The molecular formula is C23H14FN3O2. The van der Waals surface area contributed by atoms with E-state index in [2.05, 4.69) is 4.98 Å². The highest BCUT2D eigenvalue weighted by Gasteiger charge is 2.20. The second kappa shape index (κ2) is 6.28. The van der Waals surface area contributed by atoms with Crippen LogP contribution in [0.25, 0.3) is 32.9 Å². The molecule has 0 bridgehead atoms. The van der Waals surface area contributed by atoms with E-state index in [-0.39, 0.29) is 12.3 Å². The largest absolute Gasteiger partial charge is 0.402 e. The quantitative estimate of drug-likeness (QED) is 0.444. The number of rotatable bonds is 2. The van der Waals surface area contributed by atoms with Crippen molar-refractivity contribution >= 4 is 32.9 Å². The van der Waals surface area contributed by atoms with Crippen LogP contribution in [0.4, 0.5) is 4.39 Å². The fourth-order valence-corrected chi connectivity index (χ4v) is 3.85. The zero-order valence-corrected chi connectivity index (χ0v) is 15.4. The van der Waals surface area contributed by atoms with Crippen LogP contribution in [0.1, 0.15) is 16.7 Å². The Morgan fingerprint density at radius 3 is 2.86 bits per heavy atom. The second-order valence-corrected chi connectivity index (χ2v) is 6.99. The van der Waals surface area contributed by atoms with Crippen molar-refractivity contribution in [2.45, 2.75) is 13.5 Å². The summed E-state index contributed by atoms with van der Waals surface area (Å²) < 4.78 is 21.7. The van der Waals surface area contributed by atoms with E-state index in [1.54, 1.807) is 16.8 Å². The fraction of sp³-hybridized carbons (Fsp3) is 0.0870. The molecule has 5 rings (SSSR count). The van der Waals surface area contributed by atoms with Gasteiger partial charge < -0.3 is 8.98 Å². The Balaban J connectivity index is 1.92. The van der Waals surface area contributed by atoms with Crippen LogP contribution in [0.3, 0.4) is 0 Å². The van der Waals surface area contributed by atoms with E-state index in [0.29, 0.717) is 16.6 Å². The Bertz CT molecular complexity index is 1540. The number of aryl methyl sites for hydroxylation is 1. The Kier molecular flexibility index (Phi) is 3.71. The molecule has 0 atom stereocenters. The van der Waals surface area contributed by atoms with Crippen molar-refractivity contribution in [2.75, 3.05) is 0 Å².